The number of phenols is 1. The zero-order valence-electron chi connectivity index (χ0n) is 12.8. The van der Waals surface area contributed by atoms with Gasteiger partial charge in [0.2, 0.25) is 0 Å². The second-order valence-corrected chi connectivity index (χ2v) is 5.94. The number of rotatable bonds is 5. The Hall–Kier alpha value is -2.25. The first-order valence-corrected chi connectivity index (χ1v) is 7.86. The third-order valence-electron chi connectivity index (χ3n) is 3.06. The number of ether oxygens (including phenoxy) is 2. The molecule has 0 radical (unpaired) electrons. The summed E-state index contributed by atoms with van der Waals surface area (Å²) >= 11 is 9.19. The number of halogens is 2. The van der Waals surface area contributed by atoms with E-state index in [1.54, 1.807) is 24.3 Å². The van der Waals surface area contributed by atoms with E-state index in [1.165, 1.54) is 26.5 Å². The van der Waals surface area contributed by atoms with Gasteiger partial charge in [0.25, 0.3) is 5.91 Å². The Morgan fingerprint density at radius 1 is 1.25 bits per heavy atom. The highest BCUT2D eigenvalue weighted by Crippen LogP contribution is 2.32. The van der Waals surface area contributed by atoms with Crippen molar-refractivity contribution < 1.29 is 19.4 Å². The van der Waals surface area contributed by atoms with Crippen LogP contribution in [0.5, 0.6) is 17.2 Å². The number of nitrogens with zero attached hydrogens (tertiary/aromatic N) is 1. The standard InChI is InChI=1S/C16H14BrClN2O4/c1-23-13-4-3-11(18)7-12(13)16(22)20-19-8-9-5-10(17)6-14(24-2)15(9)21/h3-8,21H,1-2H3,(H,20,22)/b19-8+. The molecule has 0 bridgehead atoms. The van der Waals surface area contributed by atoms with Gasteiger partial charge in [-0.05, 0) is 30.3 Å². The molecule has 126 valence electrons. The molecule has 0 aliphatic rings. The lowest BCUT2D eigenvalue weighted by atomic mass is 10.2. The summed E-state index contributed by atoms with van der Waals surface area (Å²) in [6.07, 6.45) is 1.30. The predicted molar refractivity (Wildman–Crippen MR) is 95.4 cm³/mol. The molecule has 0 saturated carbocycles. The highest BCUT2D eigenvalue weighted by molar-refractivity contribution is 9.10. The summed E-state index contributed by atoms with van der Waals surface area (Å²) in [5.74, 6) is 0.0822. The Kier molecular flexibility index (Phi) is 6.05. The molecule has 0 aromatic heterocycles. The van der Waals surface area contributed by atoms with Crippen molar-refractivity contribution in [3.05, 3.63) is 51.0 Å². The van der Waals surface area contributed by atoms with E-state index in [9.17, 15) is 9.90 Å². The Labute approximate surface area is 152 Å². The Morgan fingerprint density at radius 2 is 1.96 bits per heavy atom. The van der Waals surface area contributed by atoms with Crippen LogP contribution in [0.4, 0.5) is 0 Å². The van der Waals surface area contributed by atoms with Crippen molar-refractivity contribution in [3.8, 4) is 17.2 Å². The van der Waals surface area contributed by atoms with E-state index in [-0.39, 0.29) is 17.1 Å². The molecule has 0 aliphatic heterocycles. The van der Waals surface area contributed by atoms with Crippen molar-refractivity contribution in [2.75, 3.05) is 14.2 Å². The average Bonchev–Trinajstić information content (AvgIpc) is 2.57. The molecule has 6 nitrogen and oxygen atoms in total. The van der Waals surface area contributed by atoms with Crippen molar-refractivity contribution >= 4 is 39.7 Å². The molecule has 0 spiro atoms. The van der Waals surface area contributed by atoms with Crippen molar-refractivity contribution in [1.82, 2.24) is 5.43 Å². The molecule has 2 aromatic carbocycles. The second kappa shape index (κ2) is 8.03. The molecule has 1 amide bonds. The molecule has 8 heteroatoms. The zero-order valence-corrected chi connectivity index (χ0v) is 15.2. The third kappa shape index (κ3) is 4.18. The average molecular weight is 414 g/mol. The summed E-state index contributed by atoms with van der Waals surface area (Å²) in [4.78, 5) is 12.2. The number of carbonyl (C=O) groups excluding carboxylic acids is 1. The number of carbonyl (C=O) groups is 1. The number of hydrogen-bond acceptors (Lipinski definition) is 5. The lowest BCUT2D eigenvalue weighted by Gasteiger charge is -2.08. The third-order valence-corrected chi connectivity index (χ3v) is 3.76. The molecule has 0 atom stereocenters. The lowest BCUT2D eigenvalue weighted by molar-refractivity contribution is 0.0952. The van der Waals surface area contributed by atoms with Gasteiger partial charge in [-0.1, -0.05) is 27.5 Å². The maximum Gasteiger partial charge on any atom is 0.275 e. The van der Waals surface area contributed by atoms with E-state index in [2.05, 4.69) is 26.5 Å². The van der Waals surface area contributed by atoms with Gasteiger partial charge in [-0.25, -0.2) is 5.43 Å². The van der Waals surface area contributed by atoms with Crippen molar-refractivity contribution in [2.24, 2.45) is 5.10 Å². The van der Waals surface area contributed by atoms with Gasteiger partial charge < -0.3 is 14.6 Å². The molecule has 0 unspecified atom stereocenters. The van der Waals surface area contributed by atoms with Gasteiger partial charge in [0, 0.05) is 15.1 Å². The summed E-state index contributed by atoms with van der Waals surface area (Å²) in [5.41, 5.74) is 2.98. The molecule has 2 aromatic rings. The fraction of sp³-hybridized carbons (Fsp3) is 0.125. The molecule has 0 aliphatic carbocycles. The molecule has 24 heavy (non-hydrogen) atoms. The number of phenolic OH excluding ortho intramolecular Hbond substituents is 1. The number of hydrazone groups is 1. The van der Waals surface area contributed by atoms with Crippen LogP contribution in [0.1, 0.15) is 15.9 Å². The second-order valence-electron chi connectivity index (χ2n) is 4.59. The summed E-state index contributed by atoms with van der Waals surface area (Å²) in [7, 11) is 2.89. The van der Waals surface area contributed by atoms with Crippen molar-refractivity contribution in [1.29, 1.82) is 0 Å². The van der Waals surface area contributed by atoms with Crippen molar-refractivity contribution in [2.45, 2.75) is 0 Å². The molecule has 0 fully saturated rings. The zero-order chi connectivity index (χ0) is 17.7. The number of nitrogens with one attached hydrogen (secondary N) is 1. The van der Waals surface area contributed by atoms with Gasteiger partial charge >= 0.3 is 0 Å². The monoisotopic (exact) mass is 412 g/mol. The van der Waals surface area contributed by atoms with Crippen LogP contribution in [0.3, 0.4) is 0 Å². The number of methoxy groups -OCH3 is 2. The summed E-state index contributed by atoms with van der Waals surface area (Å²) in [6, 6.07) is 7.93. The largest absolute Gasteiger partial charge is 0.504 e. The van der Waals surface area contributed by atoms with Gasteiger partial charge in [0.05, 0.1) is 26.0 Å². The topological polar surface area (TPSA) is 80.2 Å². The molecule has 2 N–H and O–H groups in total. The number of benzene rings is 2. The summed E-state index contributed by atoms with van der Waals surface area (Å²) in [5, 5.41) is 14.3. The predicted octanol–water partition coefficient (Wildman–Crippen LogP) is 3.59. The van der Waals surface area contributed by atoms with Crippen LogP contribution in [0.2, 0.25) is 5.02 Å². The summed E-state index contributed by atoms with van der Waals surface area (Å²) in [6.45, 7) is 0. The van der Waals surface area contributed by atoms with Crippen LogP contribution in [0.15, 0.2) is 39.9 Å². The Bertz CT molecular complexity index is 796. The highest BCUT2D eigenvalue weighted by Gasteiger charge is 2.13. The van der Waals surface area contributed by atoms with Crippen molar-refractivity contribution in [3.63, 3.8) is 0 Å². The maximum atomic E-state index is 12.2. The molecular weight excluding hydrogens is 400 g/mol. The van der Waals surface area contributed by atoms with Gasteiger partial charge in [-0.3, -0.25) is 4.79 Å². The minimum Gasteiger partial charge on any atom is -0.504 e. The van der Waals surface area contributed by atoms with Crippen LogP contribution in [-0.2, 0) is 0 Å². The normalized spacial score (nSPS) is 10.7. The van der Waals surface area contributed by atoms with E-state index in [1.807, 2.05) is 0 Å². The Balaban J connectivity index is 2.19. The molecule has 0 saturated heterocycles. The lowest BCUT2D eigenvalue weighted by Crippen LogP contribution is -2.18. The van der Waals surface area contributed by atoms with E-state index in [4.69, 9.17) is 21.1 Å². The number of aromatic hydroxyl groups is 1. The SMILES string of the molecule is COc1ccc(Cl)cc1C(=O)N/N=C/c1cc(Br)cc(OC)c1O. The first kappa shape index (κ1) is 18.1. The fourth-order valence-corrected chi connectivity index (χ4v) is 2.55. The van der Waals surface area contributed by atoms with Gasteiger partial charge in [0.15, 0.2) is 11.5 Å². The molecular formula is C16H14BrClN2O4. The number of amides is 1. The van der Waals surface area contributed by atoms with E-state index in [0.717, 1.165) is 0 Å². The number of hydrogen-bond donors (Lipinski definition) is 2. The minimum atomic E-state index is -0.493. The first-order chi connectivity index (χ1) is 11.5. The molecule has 0 heterocycles. The van der Waals surface area contributed by atoms with Gasteiger partial charge in [-0.2, -0.15) is 5.10 Å². The minimum absolute atomic E-state index is 0.0842. The fourth-order valence-electron chi connectivity index (χ4n) is 1.93. The van der Waals surface area contributed by atoms with E-state index in [0.29, 0.717) is 20.8 Å². The van der Waals surface area contributed by atoms with Crippen LogP contribution in [-0.4, -0.2) is 31.4 Å². The van der Waals surface area contributed by atoms with Gasteiger partial charge in [-0.15, -0.1) is 0 Å². The van der Waals surface area contributed by atoms with Crippen LogP contribution in [0.25, 0.3) is 0 Å². The van der Waals surface area contributed by atoms with E-state index >= 15 is 0 Å². The maximum absolute atomic E-state index is 12.2. The van der Waals surface area contributed by atoms with Gasteiger partial charge in [0.1, 0.15) is 5.75 Å². The van der Waals surface area contributed by atoms with E-state index < -0.39 is 5.91 Å². The Morgan fingerprint density at radius 3 is 2.62 bits per heavy atom. The molecule has 2 rings (SSSR count). The first-order valence-electron chi connectivity index (χ1n) is 6.69. The smallest absolute Gasteiger partial charge is 0.275 e. The highest BCUT2D eigenvalue weighted by atomic mass is 79.9. The van der Waals surface area contributed by atoms with Crippen LogP contribution >= 0.6 is 27.5 Å². The van der Waals surface area contributed by atoms with Crippen LogP contribution in [0, 0.1) is 0 Å². The quantitative estimate of drug-likeness (QED) is 0.580. The van der Waals surface area contributed by atoms with Crippen LogP contribution < -0.4 is 14.9 Å². The summed E-state index contributed by atoms with van der Waals surface area (Å²) < 4.78 is 10.9.